The minimum atomic E-state index is -0.607. The van der Waals surface area contributed by atoms with Crippen molar-refractivity contribution in [2.45, 2.75) is 18.5 Å². The number of piperazine rings is 2. The highest BCUT2D eigenvalue weighted by Gasteiger charge is 2.46. The molecular weight excluding hydrogens is 435 g/mol. The molecule has 0 unspecified atom stereocenters. The van der Waals surface area contributed by atoms with Crippen LogP contribution in [0.2, 0.25) is 5.02 Å². The Balaban J connectivity index is 1.48. The van der Waals surface area contributed by atoms with E-state index in [1.54, 1.807) is 34.1 Å². The summed E-state index contributed by atoms with van der Waals surface area (Å²) in [5, 5.41) is 13.5. The van der Waals surface area contributed by atoms with Crippen molar-refractivity contribution in [1.82, 2.24) is 14.7 Å². The lowest BCUT2D eigenvalue weighted by Crippen LogP contribution is -2.72. The average molecular weight is 461 g/mol. The molecule has 0 aliphatic carbocycles. The minimum Gasteiger partial charge on any atom is -0.394 e. The Morgan fingerprint density at radius 1 is 1.09 bits per heavy atom. The highest BCUT2D eigenvalue weighted by atomic mass is 35.5. The molecule has 2 heterocycles. The Hall–Kier alpha value is -2.68. The number of rotatable bonds is 3. The van der Waals surface area contributed by atoms with Crippen molar-refractivity contribution >= 4 is 29.2 Å². The van der Waals surface area contributed by atoms with Gasteiger partial charge in [-0.05, 0) is 55.5 Å². The topological polar surface area (TPSA) is 76.1 Å². The molecule has 2 aliphatic heterocycles. The lowest BCUT2D eigenvalue weighted by Gasteiger charge is -2.56. The number of hydrogen-bond acceptors (Lipinski definition) is 4. The molecule has 2 aromatic carbocycles. The van der Waals surface area contributed by atoms with Gasteiger partial charge in [0.1, 0.15) is 5.82 Å². The number of halogens is 2. The van der Waals surface area contributed by atoms with Crippen LogP contribution in [0.3, 0.4) is 0 Å². The number of fused-ring (bicyclic) bond motifs is 1. The van der Waals surface area contributed by atoms with Crippen LogP contribution in [-0.2, 0) is 0 Å². The molecule has 2 saturated heterocycles. The molecule has 2 fully saturated rings. The fourth-order valence-corrected chi connectivity index (χ4v) is 4.66. The molecule has 4 rings (SSSR count). The number of benzene rings is 2. The number of aliphatic hydroxyl groups is 1. The molecule has 9 heteroatoms. The highest BCUT2D eigenvalue weighted by Crippen LogP contribution is 2.29. The summed E-state index contributed by atoms with van der Waals surface area (Å²) in [5.74, 6) is -0.499. The van der Waals surface area contributed by atoms with Gasteiger partial charge in [-0.1, -0.05) is 11.6 Å². The van der Waals surface area contributed by atoms with Crippen molar-refractivity contribution in [3.05, 3.63) is 64.9 Å². The molecule has 170 valence electrons. The second kappa shape index (κ2) is 9.05. The van der Waals surface area contributed by atoms with Crippen LogP contribution in [0.5, 0.6) is 0 Å². The van der Waals surface area contributed by atoms with E-state index in [0.717, 1.165) is 0 Å². The number of nitrogens with zero attached hydrogens (tertiary/aromatic N) is 3. The van der Waals surface area contributed by atoms with Gasteiger partial charge in [-0.15, -0.1) is 0 Å². The predicted molar refractivity (Wildman–Crippen MR) is 120 cm³/mol. The Morgan fingerprint density at radius 3 is 2.41 bits per heavy atom. The zero-order chi connectivity index (χ0) is 22.9. The van der Waals surface area contributed by atoms with Crippen molar-refractivity contribution in [2.75, 3.05) is 44.6 Å². The molecule has 0 spiro atoms. The van der Waals surface area contributed by atoms with E-state index >= 15 is 0 Å². The first-order valence-corrected chi connectivity index (χ1v) is 10.9. The van der Waals surface area contributed by atoms with Gasteiger partial charge in [0.15, 0.2) is 0 Å². The van der Waals surface area contributed by atoms with Gasteiger partial charge in [0.2, 0.25) is 0 Å². The lowest BCUT2D eigenvalue weighted by atomic mass is 9.91. The molecule has 0 aromatic heterocycles. The van der Waals surface area contributed by atoms with E-state index in [9.17, 15) is 19.1 Å². The fraction of sp³-hybridized carbons (Fsp3) is 0.391. The number of carbonyl (C=O) groups is 2. The summed E-state index contributed by atoms with van der Waals surface area (Å²) in [6.45, 7) is 4.16. The van der Waals surface area contributed by atoms with Gasteiger partial charge in [0, 0.05) is 55.0 Å². The van der Waals surface area contributed by atoms with E-state index in [1.807, 2.05) is 6.92 Å². The second-order valence-electron chi connectivity index (χ2n) is 8.58. The van der Waals surface area contributed by atoms with Crippen LogP contribution in [0.15, 0.2) is 48.5 Å². The molecule has 0 radical (unpaired) electrons. The summed E-state index contributed by atoms with van der Waals surface area (Å²) < 4.78 is 13.1. The molecule has 2 aliphatic rings. The van der Waals surface area contributed by atoms with E-state index in [4.69, 9.17) is 11.6 Å². The summed E-state index contributed by atoms with van der Waals surface area (Å²) >= 11 is 5.95. The monoisotopic (exact) mass is 460 g/mol. The fourth-order valence-electron chi connectivity index (χ4n) is 4.53. The van der Waals surface area contributed by atoms with E-state index in [0.29, 0.717) is 49.0 Å². The Kier molecular flexibility index (Phi) is 6.37. The molecule has 0 bridgehead atoms. The SMILES string of the molecule is C[C@@]1(CO)CN(C(=O)c2ccc(Cl)cc2)C[C@@H]2CN(C(=O)Nc3ccc(F)cc3)CCN21. The molecule has 7 nitrogen and oxygen atoms in total. The summed E-state index contributed by atoms with van der Waals surface area (Å²) in [5.41, 5.74) is 0.442. The highest BCUT2D eigenvalue weighted by molar-refractivity contribution is 6.30. The van der Waals surface area contributed by atoms with Gasteiger partial charge in [-0.3, -0.25) is 9.69 Å². The second-order valence-corrected chi connectivity index (χ2v) is 9.01. The Labute approximate surface area is 191 Å². The van der Waals surface area contributed by atoms with Crippen LogP contribution in [0.1, 0.15) is 17.3 Å². The van der Waals surface area contributed by atoms with Crippen LogP contribution in [0, 0.1) is 5.82 Å². The van der Waals surface area contributed by atoms with Gasteiger partial charge in [-0.25, -0.2) is 9.18 Å². The summed E-state index contributed by atoms with van der Waals surface area (Å²) in [7, 11) is 0. The molecule has 3 amide bonds. The zero-order valence-corrected chi connectivity index (χ0v) is 18.6. The summed E-state index contributed by atoms with van der Waals surface area (Å²) in [4.78, 5) is 31.5. The van der Waals surface area contributed by atoms with Crippen molar-refractivity contribution in [2.24, 2.45) is 0 Å². The maximum atomic E-state index is 13.1. The van der Waals surface area contributed by atoms with E-state index < -0.39 is 5.54 Å². The normalized spacial score (nSPS) is 23.6. The predicted octanol–water partition coefficient (Wildman–Crippen LogP) is 2.90. The standard InChI is InChI=1S/C23H26ClFN4O3/c1-23(15-30)14-28(21(31)16-2-4-17(24)5-3-16)13-20-12-27(10-11-29(20)23)22(32)26-19-8-6-18(25)7-9-19/h2-9,20,30H,10-15H2,1H3,(H,26,32)/t20-,23-/m0/s1. The van der Waals surface area contributed by atoms with E-state index in [-0.39, 0.29) is 30.4 Å². The van der Waals surface area contributed by atoms with Crippen LogP contribution < -0.4 is 5.32 Å². The third-order valence-electron chi connectivity index (χ3n) is 6.24. The van der Waals surface area contributed by atoms with Crippen LogP contribution in [-0.4, -0.2) is 82.7 Å². The van der Waals surface area contributed by atoms with Gasteiger partial charge < -0.3 is 20.2 Å². The quantitative estimate of drug-likeness (QED) is 0.738. The van der Waals surface area contributed by atoms with Crippen molar-refractivity contribution < 1.29 is 19.1 Å². The first kappa shape index (κ1) is 22.5. The largest absolute Gasteiger partial charge is 0.394 e. The molecule has 0 saturated carbocycles. The number of nitrogens with one attached hydrogen (secondary N) is 1. The average Bonchev–Trinajstić information content (AvgIpc) is 2.80. The molecule has 2 aromatic rings. The zero-order valence-electron chi connectivity index (χ0n) is 17.8. The number of urea groups is 1. The number of aliphatic hydroxyl groups excluding tert-OH is 1. The number of amides is 3. The van der Waals surface area contributed by atoms with Crippen LogP contribution in [0.4, 0.5) is 14.9 Å². The first-order chi connectivity index (χ1) is 15.3. The maximum absolute atomic E-state index is 13.1. The molecular formula is C23H26ClFN4O3. The number of hydrogen-bond donors (Lipinski definition) is 2. The van der Waals surface area contributed by atoms with Gasteiger partial charge >= 0.3 is 6.03 Å². The van der Waals surface area contributed by atoms with Crippen LogP contribution >= 0.6 is 11.6 Å². The molecule has 32 heavy (non-hydrogen) atoms. The Bertz CT molecular complexity index is 988. The van der Waals surface area contributed by atoms with Crippen molar-refractivity contribution in [3.63, 3.8) is 0 Å². The van der Waals surface area contributed by atoms with Gasteiger partial charge in [-0.2, -0.15) is 0 Å². The number of anilines is 1. The smallest absolute Gasteiger partial charge is 0.321 e. The first-order valence-electron chi connectivity index (χ1n) is 10.5. The van der Waals surface area contributed by atoms with E-state index in [1.165, 1.54) is 24.3 Å². The maximum Gasteiger partial charge on any atom is 0.321 e. The Morgan fingerprint density at radius 2 is 1.75 bits per heavy atom. The summed E-state index contributed by atoms with van der Waals surface area (Å²) in [6, 6.07) is 12.0. The molecule has 2 N–H and O–H groups in total. The molecule has 2 atom stereocenters. The van der Waals surface area contributed by atoms with Gasteiger partial charge in [0.25, 0.3) is 5.91 Å². The summed E-state index contributed by atoms with van der Waals surface area (Å²) in [6.07, 6.45) is 0. The lowest BCUT2D eigenvalue weighted by molar-refractivity contribution is -0.0762. The van der Waals surface area contributed by atoms with Gasteiger partial charge in [0.05, 0.1) is 12.1 Å². The van der Waals surface area contributed by atoms with Crippen LogP contribution in [0.25, 0.3) is 0 Å². The third kappa shape index (κ3) is 4.57. The van der Waals surface area contributed by atoms with Crippen molar-refractivity contribution in [1.29, 1.82) is 0 Å². The van der Waals surface area contributed by atoms with Crippen molar-refractivity contribution in [3.8, 4) is 0 Å². The van der Waals surface area contributed by atoms with E-state index in [2.05, 4.69) is 10.2 Å². The minimum absolute atomic E-state index is 0.102. The number of carbonyl (C=O) groups excluding carboxylic acids is 2. The third-order valence-corrected chi connectivity index (χ3v) is 6.49.